The maximum absolute atomic E-state index is 13.2. The Balaban J connectivity index is 1.27. The molecule has 1 saturated heterocycles. The van der Waals surface area contributed by atoms with E-state index in [1.54, 1.807) is 0 Å². The molecule has 1 heterocycles. The van der Waals surface area contributed by atoms with E-state index >= 15 is 0 Å². The highest BCUT2D eigenvalue weighted by molar-refractivity contribution is 5.69. The number of likely N-dealkylation sites (tertiary alicyclic amines) is 1. The van der Waals surface area contributed by atoms with Gasteiger partial charge in [0, 0.05) is 18.0 Å². The molecule has 7 nitrogen and oxygen atoms in total. The second kappa shape index (κ2) is 11.4. The number of fused-ring (bicyclic) bond motifs is 1. The number of ether oxygens (including phenoxy) is 4. The molecule has 3 atom stereocenters. The lowest BCUT2D eigenvalue weighted by Gasteiger charge is -2.58. The van der Waals surface area contributed by atoms with Gasteiger partial charge in [-0.1, -0.05) is 62.6 Å². The van der Waals surface area contributed by atoms with Crippen molar-refractivity contribution in [2.75, 3.05) is 19.9 Å². The van der Waals surface area contributed by atoms with Crippen LogP contribution in [0.4, 0.5) is 9.59 Å². The minimum Gasteiger partial charge on any atom is -0.457 e. The standard InChI is InChI=1S/C30H37NO6/c1-2-3-17-34-29(33)37-21-36-24-13-12-23-18-27-25-11-7-8-14-30(25,26(23)19-24)15-16-31(27)28(32)35-20-22-9-5-4-6-10-22/h4-6,9-10,12-13,19,25,27H,2-3,7-8,11,14-18,20-21H2,1H3/t25-,27-,30+/m1/s1. The first-order valence-electron chi connectivity index (χ1n) is 13.6. The van der Waals surface area contributed by atoms with Gasteiger partial charge in [0.2, 0.25) is 6.79 Å². The van der Waals surface area contributed by atoms with E-state index in [0.717, 1.165) is 44.1 Å². The molecule has 0 unspecified atom stereocenters. The fourth-order valence-electron chi connectivity index (χ4n) is 6.59. The average Bonchev–Trinajstić information content (AvgIpc) is 2.93. The van der Waals surface area contributed by atoms with Crippen molar-refractivity contribution in [1.82, 2.24) is 4.90 Å². The third kappa shape index (κ3) is 5.41. The second-order valence-corrected chi connectivity index (χ2v) is 10.4. The van der Waals surface area contributed by atoms with E-state index in [0.29, 0.717) is 31.4 Å². The van der Waals surface area contributed by atoms with Crippen LogP contribution in [0.15, 0.2) is 48.5 Å². The Hall–Kier alpha value is -3.22. The molecule has 0 spiro atoms. The summed E-state index contributed by atoms with van der Waals surface area (Å²) in [4.78, 5) is 26.9. The van der Waals surface area contributed by atoms with E-state index in [9.17, 15) is 9.59 Å². The number of hydrogen-bond acceptors (Lipinski definition) is 6. The van der Waals surface area contributed by atoms with Gasteiger partial charge >= 0.3 is 12.2 Å². The second-order valence-electron chi connectivity index (χ2n) is 10.4. The number of nitrogens with zero attached hydrogens (tertiary/aromatic N) is 1. The molecule has 2 aromatic rings. The third-order valence-electron chi connectivity index (χ3n) is 8.37. The maximum atomic E-state index is 13.2. The maximum Gasteiger partial charge on any atom is 0.511 e. The topological polar surface area (TPSA) is 74.3 Å². The Bertz CT molecular complexity index is 1090. The van der Waals surface area contributed by atoms with Crippen LogP contribution in [-0.2, 0) is 32.7 Å². The van der Waals surface area contributed by atoms with Crippen LogP contribution in [0.2, 0.25) is 0 Å². The molecule has 2 aliphatic carbocycles. The summed E-state index contributed by atoms with van der Waals surface area (Å²) in [5, 5.41) is 0. The Kier molecular flexibility index (Phi) is 7.87. The summed E-state index contributed by atoms with van der Waals surface area (Å²) in [6.45, 7) is 3.21. The van der Waals surface area contributed by atoms with Crippen LogP contribution in [0.25, 0.3) is 0 Å². The number of piperidine rings is 1. The summed E-state index contributed by atoms with van der Waals surface area (Å²) < 4.78 is 21.6. The summed E-state index contributed by atoms with van der Waals surface area (Å²) >= 11 is 0. The van der Waals surface area contributed by atoms with Crippen molar-refractivity contribution < 1.29 is 28.5 Å². The van der Waals surface area contributed by atoms with Crippen molar-refractivity contribution in [2.45, 2.75) is 76.4 Å². The summed E-state index contributed by atoms with van der Waals surface area (Å²) in [6, 6.07) is 16.2. The Morgan fingerprint density at radius 1 is 1.03 bits per heavy atom. The molecule has 0 aromatic heterocycles. The van der Waals surface area contributed by atoms with Gasteiger partial charge in [-0.15, -0.1) is 0 Å². The lowest BCUT2D eigenvalue weighted by atomic mass is 9.52. The largest absolute Gasteiger partial charge is 0.511 e. The van der Waals surface area contributed by atoms with Gasteiger partial charge in [0.25, 0.3) is 0 Å². The zero-order valence-corrected chi connectivity index (χ0v) is 21.7. The minimum atomic E-state index is -0.702. The van der Waals surface area contributed by atoms with Crippen LogP contribution in [0, 0.1) is 5.92 Å². The first kappa shape index (κ1) is 25.4. The normalized spacial score (nSPS) is 23.9. The summed E-state index contributed by atoms with van der Waals surface area (Å²) in [7, 11) is 0. The number of amides is 1. The van der Waals surface area contributed by atoms with E-state index in [-0.39, 0.29) is 24.3 Å². The van der Waals surface area contributed by atoms with E-state index < -0.39 is 6.16 Å². The molecule has 7 heteroatoms. The van der Waals surface area contributed by atoms with Gasteiger partial charge in [-0.2, -0.15) is 0 Å². The molecule has 2 aromatic carbocycles. The van der Waals surface area contributed by atoms with E-state index in [1.165, 1.54) is 24.0 Å². The fourth-order valence-corrected chi connectivity index (χ4v) is 6.59. The quantitative estimate of drug-likeness (QED) is 0.235. The van der Waals surface area contributed by atoms with Crippen molar-refractivity contribution in [3.05, 3.63) is 65.2 Å². The smallest absolute Gasteiger partial charge is 0.457 e. The summed E-state index contributed by atoms with van der Waals surface area (Å²) in [6.07, 6.45) is 7.22. The zero-order chi connectivity index (χ0) is 25.7. The minimum absolute atomic E-state index is 0.0476. The summed E-state index contributed by atoms with van der Waals surface area (Å²) in [5.41, 5.74) is 3.66. The number of benzene rings is 2. The highest BCUT2D eigenvalue weighted by atomic mass is 16.8. The molecule has 198 valence electrons. The van der Waals surface area contributed by atoms with E-state index in [4.69, 9.17) is 18.9 Å². The van der Waals surface area contributed by atoms with Crippen molar-refractivity contribution in [2.24, 2.45) is 5.92 Å². The average molecular weight is 508 g/mol. The highest BCUT2D eigenvalue weighted by Crippen LogP contribution is 2.56. The molecule has 1 amide bonds. The first-order valence-corrected chi connectivity index (χ1v) is 13.6. The van der Waals surface area contributed by atoms with Crippen LogP contribution in [0.1, 0.15) is 68.6 Å². The molecule has 5 rings (SSSR count). The van der Waals surface area contributed by atoms with Gasteiger partial charge in [-0.3, -0.25) is 0 Å². The molecule has 2 fully saturated rings. The summed E-state index contributed by atoms with van der Waals surface area (Å²) in [5.74, 6) is 1.11. The van der Waals surface area contributed by atoms with E-state index in [1.807, 2.05) is 48.2 Å². The molecule has 1 saturated carbocycles. The van der Waals surface area contributed by atoms with Crippen molar-refractivity contribution in [3.63, 3.8) is 0 Å². The number of unbranched alkanes of at least 4 members (excludes halogenated alkanes) is 1. The molecule has 3 aliphatic rings. The van der Waals surface area contributed by atoms with Gasteiger partial charge in [0.15, 0.2) is 0 Å². The van der Waals surface area contributed by atoms with Gasteiger partial charge in [-0.05, 0) is 66.8 Å². The van der Waals surface area contributed by atoms with Gasteiger partial charge < -0.3 is 23.8 Å². The number of carbonyl (C=O) groups is 2. The molecule has 0 radical (unpaired) electrons. The predicted molar refractivity (Wildman–Crippen MR) is 138 cm³/mol. The Labute approximate surface area is 219 Å². The van der Waals surface area contributed by atoms with Crippen LogP contribution < -0.4 is 4.74 Å². The van der Waals surface area contributed by atoms with Crippen molar-refractivity contribution >= 4 is 12.2 Å². The molecule has 1 aliphatic heterocycles. The fraction of sp³-hybridized carbons (Fsp3) is 0.533. The molecule has 0 N–H and O–H groups in total. The Morgan fingerprint density at radius 3 is 2.73 bits per heavy atom. The molecule has 37 heavy (non-hydrogen) atoms. The molecular weight excluding hydrogens is 470 g/mol. The Morgan fingerprint density at radius 2 is 1.89 bits per heavy atom. The van der Waals surface area contributed by atoms with Crippen LogP contribution >= 0.6 is 0 Å². The van der Waals surface area contributed by atoms with Crippen LogP contribution in [-0.4, -0.2) is 43.1 Å². The monoisotopic (exact) mass is 507 g/mol. The van der Waals surface area contributed by atoms with Crippen molar-refractivity contribution in [3.8, 4) is 5.75 Å². The first-order chi connectivity index (χ1) is 18.1. The molecular formula is C30H37NO6. The van der Waals surface area contributed by atoms with Gasteiger partial charge in [-0.25, -0.2) is 9.59 Å². The lowest BCUT2D eigenvalue weighted by molar-refractivity contribution is -0.0144. The number of rotatable bonds is 8. The number of carbonyl (C=O) groups excluding carboxylic acids is 2. The lowest BCUT2D eigenvalue weighted by Crippen LogP contribution is -2.62. The predicted octanol–water partition coefficient (Wildman–Crippen LogP) is 6.37. The van der Waals surface area contributed by atoms with Crippen LogP contribution in [0.3, 0.4) is 0 Å². The number of hydrogen-bond donors (Lipinski definition) is 0. The van der Waals surface area contributed by atoms with E-state index in [2.05, 4.69) is 12.1 Å². The van der Waals surface area contributed by atoms with Crippen LogP contribution in [0.5, 0.6) is 5.75 Å². The van der Waals surface area contributed by atoms with Gasteiger partial charge in [0.1, 0.15) is 12.4 Å². The van der Waals surface area contributed by atoms with Crippen molar-refractivity contribution in [1.29, 1.82) is 0 Å². The highest BCUT2D eigenvalue weighted by Gasteiger charge is 2.55. The van der Waals surface area contributed by atoms with Gasteiger partial charge in [0.05, 0.1) is 6.61 Å². The zero-order valence-electron chi connectivity index (χ0n) is 21.7. The third-order valence-corrected chi connectivity index (χ3v) is 8.37. The molecule has 2 bridgehead atoms. The SMILES string of the molecule is CCCCOC(=O)OCOc1ccc2c(c1)[C@]13CCCC[C@@H]1[C@@H](C2)N(C(=O)OCc1ccccc1)CC3.